The van der Waals surface area contributed by atoms with Crippen LogP contribution in [0.2, 0.25) is 5.02 Å². The Kier molecular flexibility index (Phi) is 5.52. The number of sulfonamides is 1. The molecule has 1 aliphatic heterocycles. The highest BCUT2D eigenvalue weighted by Gasteiger charge is 2.32. The van der Waals surface area contributed by atoms with Crippen LogP contribution in [0.3, 0.4) is 0 Å². The molecule has 0 N–H and O–H groups in total. The van der Waals surface area contributed by atoms with Gasteiger partial charge in [-0.15, -0.1) is 0 Å². The molecule has 1 unspecified atom stereocenters. The molecule has 1 aromatic rings. The Morgan fingerprint density at radius 2 is 2.10 bits per heavy atom. The van der Waals surface area contributed by atoms with E-state index in [1.54, 1.807) is 16.4 Å². The summed E-state index contributed by atoms with van der Waals surface area (Å²) in [6.45, 7) is 4.92. The van der Waals surface area contributed by atoms with E-state index >= 15 is 0 Å². The smallest absolute Gasteiger partial charge is 0.243 e. The second-order valence-corrected chi connectivity index (χ2v) is 7.50. The molecule has 1 aliphatic rings. The van der Waals surface area contributed by atoms with Gasteiger partial charge in [0.25, 0.3) is 0 Å². The lowest BCUT2D eigenvalue weighted by Gasteiger charge is -2.34. The van der Waals surface area contributed by atoms with Gasteiger partial charge in [-0.2, -0.15) is 4.31 Å². The molecule has 0 amide bonds. The van der Waals surface area contributed by atoms with Crippen LogP contribution in [0.5, 0.6) is 5.75 Å². The van der Waals surface area contributed by atoms with Crippen molar-refractivity contribution < 1.29 is 13.2 Å². The summed E-state index contributed by atoms with van der Waals surface area (Å²) in [5, 5.41) is 0.432. The molecule has 0 saturated carbocycles. The van der Waals surface area contributed by atoms with Crippen LogP contribution >= 0.6 is 11.6 Å². The van der Waals surface area contributed by atoms with E-state index in [1.807, 2.05) is 13.8 Å². The highest BCUT2D eigenvalue weighted by molar-refractivity contribution is 7.89. The average Bonchev–Trinajstić information content (AvgIpc) is 2.49. The van der Waals surface area contributed by atoms with E-state index in [-0.39, 0.29) is 10.9 Å². The van der Waals surface area contributed by atoms with Crippen molar-refractivity contribution in [2.45, 2.75) is 50.5 Å². The largest absolute Gasteiger partial charge is 0.492 e. The second-order valence-electron chi connectivity index (χ2n) is 5.20. The van der Waals surface area contributed by atoms with E-state index in [9.17, 15) is 8.42 Å². The van der Waals surface area contributed by atoms with Crippen LogP contribution in [-0.4, -0.2) is 31.9 Å². The standard InChI is InChI=1S/C15H22ClNO3S/c1-3-12-7-5-6-10-17(12)21(18,19)13-8-9-14(16)15(11-13)20-4-2/h8-9,11-12H,3-7,10H2,1-2H3. The normalized spacial score (nSPS) is 20.4. The zero-order chi connectivity index (χ0) is 15.5. The first-order chi connectivity index (χ1) is 10.0. The Morgan fingerprint density at radius 1 is 1.33 bits per heavy atom. The number of hydrogen-bond donors (Lipinski definition) is 0. The average molecular weight is 332 g/mol. The summed E-state index contributed by atoms with van der Waals surface area (Å²) in [6, 6.07) is 4.77. The van der Waals surface area contributed by atoms with Gasteiger partial charge < -0.3 is 4.74 Å². The lowest BCUT2D eigenvalue weighted by molar-refractivity contribution is 0.246. The third kappa shape index (κ3) is 3.52. The first-order valence-electron chi connectivity index (χ1n) is 7.44. The van der Waals surface area contributed by atoms with Crippen molar-refractivity contribution in [3.05, 3.63) is 23.2 Å². The summed E-state index contributed by atoms with van der Waals surface area (Å²) in [5.41, 5.74) is 0. The van der Waals surface area contributed by atoms with E-state index in [0.29, 0.717) is 23.9 Å². The van der Waals surface area contributed by atoms with E-state index < -0.39 is 10.0 Å². The van der Waals surface area contributed by atoms with Gasteiger partial charge in [0.05, 0.1) is 16.5 Å². The zero-order valence-electron chi connectivity index (χ0n) is 12.5. The summed E-state index contributed by atoms with van der Waals surface area (Å²) in [4.78, 5) is 0.260. The van der Waals surface area contributed by atoms with Gasteiger partial charge in [-0.3, -0.25) is 0 Å². The third-order valence-corrected chi connectivity index (χ3v) is 6.11. The molecule has 4 nitrogen and oxygen atoms in total. The second kappa shape index (κ2) is 6.99. The molecule has 0 aliphatic carbocycles. The molecule has 0 spiro atoms. The minimum atomic E-state index is -3.49. The lowest BCUT2D eigenvalue weighted by Crippen LogP contribution is -2.43. The molecule has 118 valence electrons. The quantitative estimate of drug-likeness (QED) is 0.826. The lowest BCUT2D eigenvalue weighted by atomic mass is 10.0. The molecule has 1 atom stereocenters. The van der Waals surface area contributed by atoms with Crippen molar-refractivity contribution in [2.75, 3.05) is 13.2 Å². The molecular weight excluding hydrogens is 310 g/mol. The number of ether oxygens (including phenoxy) is 1. The van der Waals surface area contributed by atoms with Crippen molar-refractivity contribution in [3.63, 3.8) is 0 Å². The molecule has 1 aromatic carbocycles. The van der Waals surface area contributed by atoms with Crippen LogP contribution in [0.4, 0.5) is 0 Å². The predicted octanol–water partition coefficient (Wildman–Crippen LogP) is 3.69. The van der Waals surface area contributed by atoms with Crippen molar-refractivity contribution in [1.29, 1.82) is 0 Å². The van der Waals surface area contributed by atoms with Crippen LogP contribution in [0.1, 0.15) is 39.5 Å². The summed E-state index contributed by atoms with van der Waals surface area (Å²) >= 11 is 6.03. The number of nitrogens with zero attached hydrogens (tertiary/aromatic N) is 1. The Hall–Kier alpha value is -0.780. The van der Waals surface area contributed by atoms with Gasteiger partial charge in [-0.25, -0.2) is 8.42 Å². The summed E-state index contributed by atoms with van der Waals surface area (Å²) in [7, 11) is -3.49. The number of piperidine rings is 1. The van der Waals surface area contributed by atoms with E-state index in [1.165, 1.54) is 6.07 Å². The fourth-order valence-corrected chi connectivity index (χ4v) is 4.70. The van der Waals surface area contributed by atoms with Crippen LogP contribution in [0, 0.1) is 0 Å². The van der Waals surface area contributed by atoms with Gasteiger partial charge in [-0.1, -0.05) is 24.9 Å². The monoisotopic (exact) mass is 331 g/mol. The Labute approximate surface area is 132 Å². The summed E-state index contributed by atoms with van der Waals surface area (Å²) in [6.07, 6.45) is 3.78. The van der Waals surface area contributed by atoms with Gasteiger partial charge in [0.1, 0.15) is 5.75 Å². The number of rotatable bonds is 5. The molecule has 0 aromatic heterocycles. The highest BCUT2D eigenvalue weighted by Crippen LogP contribution is 2.32. The molecule has 1 fully saturated rings. The molecule has 0 bridgehead atoms. The maximum atomic E-state index is 12.9. The fourth-order valence-electron chi connectivity index (χ4n) is 2.74. The van der Waals surface area contributed by atoms with Gasteiger partial charge in [-0.05, 0) is 38.3 Å². The van der Waals surface area contributed by atoms with Crippen LogP contribution in [0.25, 0.3) is 0 Å². The number of hydrogen-bond acceptors (Lipinski definition) is 3. The molecule has 1 saturated heterocycles. The molecule has 6 heteroatoms. The number of benzene rings is 1. The van der Waals surface area contributed by atoms with Gasteiger partial charge in [0.2, 0.25) is 10.0 Å². The Balaban J connectivity index is 2.36. The summed E-state index contributed by atoms with van der Waals surface area (Å²) in [5.74, 6) is 0.422. The Morgan fingerprint density at radius 3 is 2.76 bits per heavy atom. The molecule has 21 heavy (non-hydrogen) atoms. The fraction of sp³-hybridized carbons (Fsp3) is 0.600. The summed E-state index contributed by atoms with van der Waals surface area (Å²) < 4.78 is 32.7. The van der Waals surface area contributed by atoms with Crippen molar-refractivity contribution in [2.24, 2.45) is 0 Å². The van der Waals surface area contributed by atoms with Gasteiger partial charge in [0, 0.05) is 18.7 Å². The van der Waals surface area contributed by atoms with Crippen molar-refractivity contribution in [3.8, 4) is 5.75 Å². The van der Waals surface area contributed by atoms with Gasteiger partial charge in [0.15, 0.2) is 0 Å². The maximum Gasteiger partial charge on any atom is 0.243 e. The predicted molar refractivity (Wildman–Crippen MR) is 84.4 cm³/mol. The van der Waals surface area contributed by atoms with Crippen LogP contribution in [0.15, 0.2) is 23.1 Å². The minimum Gasteiger partial charge on any atom is -0.492 e. The highest BCUT2D eigenvalue weighted by atomic mass is 35.5. The number of halogens is 1. The van der Waals surface area contributed by atoms with E-state index in [4.69, 9.17) is 16.3 Å². The Bertz CT molecular complexity index is 589. The van der Waals surface area contributed by atoms with Crippen molar-refractivity contribution >= 4 is 21.6 Å². The SMILES string of the molecule is CCOc1cc(S(=O)(=O)N2CCCCC2CC)ccc1Cl. The maximum absolute atomic E-state index is 12.9. The molecule has 0 radical (unpaired) electrons. The van der Waals surface area contributed by atoms with Crippen LogP contribution < -0.4 is 4.74 Å². The van der Waals surface area contributed by atoms with Crippen molar-refractivity contribution in [1.82, 2.24) is 4.31 Å². The van der Waals surface area contributed by atoms with Crippen LogP contribution in [-0.2, 0) is 10.0 Å². The zero-order valence-corrected chi connectivity index (χ0v) is 14.1. The van der Waals surface area contributed by atoms with E-state index in [0.717, 1.165) is 25.7 Å². The third-order valence-electron chi connectivity index (χ3n) is 3.85. The first-order valence-corrected chi connectivity index (χ1v) is 9.26. The topological polar surface area (TPSA) is 46.6 Å². The molecular formula is C15H22ClNO3S. The minimum absolute atomic E-state index is 0.0926. The molecule has 2 rings (SSSR count). The van der Waals surface area contributed by atoms with Gasteiger partial charge >= 0.3 is 0 Å². The molecule has 1 heterocycles. The van der Waals surface area contributed by atoms with E-state index in [2.05, 4.69) is 0 Å². The first kappa shape index (κ1) is 16.6.